The molecule has 1 saturated heterocycles. The lowest BCUT2D eigenvalue weighted by Gasteiger charge is -2.26. The fourth-order valence-corrected chi connectivity index (χ4v) is 4.47. The molecule has 2 aromatic carbocycles. The number of ketones is 2. The van der Waals surface area contributed by atoms with Gasteiger partial charge in [0.25, 0.3) is 0 Å². The Morgan fingerprint density at radius 1 is 1.16 bits per heavy atom. The molecular formula is C27H28ClN5O4. The molecule has 192 valence electrons. The van der Waals surface area contributed by atoms with E-state index in [-0.39, 0.29) is 29.8 Å². The third kappa shape index (κ3) is 7.41. The van der Waals surface area contributed by atoms with Crippen molar-refractivity contribution in [3.63, 3.8) is 0 Å². The molecule has 3 aromatic rings. The molecule has 1 aromatic heterocycles. The molecule has 1 aliphatic rings. The quantitative estimate of drug-likeness (QED) is 0.320. The van der Waals surface area contributed by atoms with Crippen LogP contribution in [0.5, 0.6) is 0 Å². The topological polar surface area (TPSA) is 116 Å². The summed E-state index contributed by atoms with van der Waals surface area (Å²) >= 11 is 6.16. The van der Waals surface area contributed by atoms with Gasteiger partial charge in [0.15, 0.2) is 11.6 Å². The zero-order valence-corrected chi connectivity index (χ0v) is 21.2. The molecule has 0 aliphatic carbocycles. The van der Waals surface area contributed by atoms with E-state index in [1.165, 1.54) is 24.0 Å². The van der Waals surface area contributed by atoms with E-state index in [0.29, 0.717) is 41.5 Å². The number of hydrogen-bond acceptors (Lipinski definition) is 7. The summed E-state index contributed by atoms with van der Waals surface area (Å²) in [5.41, 5.74) is 2.69. The molecule has 1 N–H and O–H groups in total. The van der Waals surface area contributed by atoms with E-state index in [1.807, 2.05) is 0 Å². The van der Waals surface area contributed by atoms with Crippen LogP contribution < -0.4 is 5.32 Å². The van der Waals surface area contributed by atoms with E-state index in [4.69, 9.17) is 16.3 Å². The molecular weight excluding hydrogens is 494 g/mol. The maximum absolute atomic E-state index is 13.3. The Bertz CT molecular complexity index is 1270. The maximum atomic E-state index is 13.3. The summed E-state index contributed by atoms with van der Waals surface area (Å²) in [6, 6.07) is 11.5. The van der Waals surface area contributed by atoms with Crippen molar-refractivity contribution in [3.05, 3.63) is 76.6 Å². The lowest BCUT2D eigenvalue weighted by molar-refractivity contribution is -0.125. The van der Waals surface area contributed by atoms with Gasteiger partial charge in [0.1, 0.15) is 6.33 Å². The third-order valence-electron chi connectivity index (χ3n) is 6.35. The van der Waals surface area contributed by atoms with Gasteiger partial charge in [0.2, 0.25) is 5.91 Å². The Balaban J connectivity index is 1.48. The number of aromatic nitrogens is 4. The van der Waals surface area contributed by atoms with Gasteiger partial charge < -0.3 is 10.1 Å². The number of Topliss-reactive ketones (excluding diaryl/α,β-unsaturated/α-hetero) is 2. The van der Waals surface area contributed by atoms with Crippen LogP contribution >= 0.6 is 11.6 Å². The van der Waals surface area contributed by atoms with Crippen molar-refractivity contribution >= 4 is 35.2 Å². The first kappa shape index (κ1) is 26.4. The third-order valence-corrected chi connectivity index (χ3v) is 6.59. The summed E-state index contributed by atoms with van der Waals surface area (Å²) < 4.78 is 6.93. The number of hydrogen-bond donors (Lipinski definition) is 1. The first-order valence-electron chi connectivity index (χ1n) is 12.1. The standard InChI is InChI=1S/C27H28ClN5O4/c1-18(34)21-4-2-19(3-5-21)15-26(35)24(14-20-10-12-37-13-11-20)30-27(36)9-6-22-16-23(28)7-8-25(22)33-17-29-31-32-33/h2-9,16-17,20,24H,10-15H2,1H3,(H,30,36)/b9-6+/t24-/m0/s1. The second-order valence-electron chi connectivity index (χ2n) is 9.04. The van der Waals surface area contributed by atoms with Crippen molar-refractivity contribution in [3.8, 4) is 5.69 Å². The highest BCUT2D eigenvalue weighted by molar-refractivity contribution is 6.30. The molecule has 0 radical (unpaired) electrons. The lowest BCUT2D eigenvalue weighted by Crippen LogP contribution is -2.42. The predicted octanol–water partition coefficient (Wildman–Crippen LogP) is 3.64. The van der Waals surface area contributed by atoms with Crippen LogP contribution in [0, 0.1) is 5.92 Å². The summed E-state index contributed by atoms with van der Waals surface area (Å²) in [5, 5.41) is 14.6. The molecule has 0 bridgehead atoms. The van der Waals surface area contributed by atoms with Gasteiger partial charge in [0.05, 0.1) is 11.7 Å². The Hall–Kier alpha value is -3.69. The van der Waals surface area contributed by atoms with Crippen molar-refractivity contribution in [2.24, 2.45) is 5.92 Å². The zero-order valence-electron chi connectivity index (χ0n) is 20.5. The van der Waals surface area contributed by atoms with Gasteiger partial charge in [-0.2, -0.15) is 4.68 Å². The average Bonchev–Trinajstić information content (AvgIpc) is 3.43. The molecule has 4 rings (SSSR count). The van der Waals surface area contributed by atoms with Gasteiger partial charge in [0, 0.05) is 41.9 Å². The van der Waals surface area contributed by atoms with Crippen LogP contribution in [0.4, 0.5) is 0 Å². The largest absolute Gasteiger partial charge is 0.381 e. The zero-order chi connectivity index (χ0) is 26.2. The van der Waals surface area contributed by atoms with E-state index < -0.39 is 6.04 Å². The minimum Gasteiger partial charge on any atom is -0.381 e. The molecule has 0 unspecified atom stereocenters. The van der Waals surface area contributed by atoms with Crippen molar-refractivity contribution < 1.29 is 19.1 Å². The number of carbonyl (C=O) groups is 3. The van der Waals surface area contributed by atoms with Crippen molar-refractivity contribution in [1.82, 2.24) is 25.5 Å². The number of nitrogens with zero attached hydrogens (tertiary/aromatic N) is 4. The number of benzene rings is 2. The Kier molecular flexibility index (Phi) is 8.92. The smallest absolute Gasteiger partial charge is 0.244 e. The van der Waals surface area contributed by atoms with Crippen LogP contribution in [-0.4, -0.2) is 56.9 Å². The monoisotopic (exact) mass is 521 g/mol. The van der Waals surface area contributed by atoms with E-state index in [1.54, 1.807) is 48.5 Å². The van der Waals surface area contributed by atoms with Gasteiger partial charge in [-0.25, -0.2) is 0 Å². The number of nitrogens with one attached hydrogen (secondary N) is 1. The fourth-order valence-electron chi connectivity index (χ4n) is 4.29. The second kappa shape index (κ2) is 12.5. The minimum absolute atomic E-state index is 0.0303. The highest BCUT2D eigenvalue weighted by Gasteiger charge is 2.25. The van der Waals surface area contributed by atoms with Crippen LogP contribution in [0.2, 0.25) is 5.02 Å². The number of ether oxygens (including phenoxy) is 1. The van der Waals surface area contributed by atoms with E-state index in [0.717, 1.165) is 18.4 Å². The van der Waals surface area contributed by atoms with E-state index in [2.05, 4.69) is 20.8 Å². The molecule has 0 saturated carbocycles. The number of rotatable bonds is 10. The SMILES string of the molecule is CC(=O)c1ccc(CC(=O)[C@H](CC2CCOCC2)NC(=O)/C=C/c2cc(Cl)ccc2-n2cnnn2)cc1. The minimum atomic E-state index is -0.647. The Labute approximate surface area is 219 Å². The normalized spacial score (nSPS) is 15.0. The molecule has 1 atom stereocenters. The molecule has 9 nitrogen and oxygen atoms in total. The van der Waals surface area contributed by atoms with Gasteiger partial charge in [-0.1, -0.05) is 35.9 Å². The first-order valence-corrected chi connectivity index (χ1v) is 12.5. The van der Waals surface area contributed by atoms with Crippen LogP contribution in [0.15, 0.2) is 54.9 Å². The number of halogens is 1. The molecule has 37 heavy (non-hydrogen) atoms. The fraction of sp³-hybridized carbons (Fsp3) is 0.333. The lowest BCUT2D eigenvalue weighted by atomic mass is 9.89. The van der Waals surface area contributed by atoms with Crippen molar-refractivity contribution in [1.29, 1.82) is 0 Å². The van der Waals surface area contributed by atoms with Gasteiger partial charge in [-0.3, -0.25) is 14.4 Å². The average molecular weight is 522 g/mol. The predicted molar refractivity (Wildman–Crippen MR) is 138 cm³/mol. The van der Waals surface area contributed by atoms with Gasteiger partial charge >= 0.3 is 0 Å². The molecule has 1 amide bonds. The summed E-state index contributed by atoms with van der Waals surface area (Å²) in [6.45, 7) is 2.81. The van der Waals surface area contributed by atoms with E-state index in [9.17, 15) is 14.4 Å². The highest BCUT2D eigenvalue weighted by atomic mass is 35.5. The van der Waals surface area contributed by atoms with Gasteiger partial charge in [-0.05, 0) is 72.4 Å². The highest BCUT2D eigenvalue weighted by Crippen LogP contribution is 2.22. The second-order valence-corrected chi connectivity index (χ2v) is 9.48. The Morgan fingerprint density at radius 3 is 2.59 bits per heavy atom. The summed E-state index contributed by atoms with van der Waals surface area (Å²) in [4.78, 5) is 37.8. The van der Waals surface area contributed by atoms with Crippen molar-refractivity contribution in [2.75, 3.05) is 13.2 Å². The van der Waals surface area contributed by atoms with Crippen LogP contribution in [0.3, 0.4) is 0 Å². The van der Waals surface area contributed by atoms with Crippen LogP contribution in [0.1, 0.15) is 47.7 Å². The molecule has 1 aliphatic heterocycles. The maximum Gasteiger partial charge on any atom is 0.244 e. The molecule has 10 heteroatoms. The van der Waals surface area contributed by atoms with Crippen LogP contribution in [0.25, 0.3) is 11.8 Å². The summed E-state index contributed by atoms with van der Waals surface area (Å²) in [6.07, 6.45) is 6.85. The number of amides is 1. The molecule has 1 fully saturated rings. The van der Waals surface area contributed by atoms with Crippen LogP contribution in [-0.2, 0) is 20.7 Å². The first-order chi connectivity index (χ1) is 17.9. The van der Waals surface area contributed by atoms with Crippen molar-refractivity contribution in [2.45, 2.75) is 38.6 Å². The summed E-state index contributed by atoms with van der Waals surface area (Å²) in [7, 11) is 0. The number of tetrazole rings is 1. The van der Waals surface area contributed by atoms with Gasteiger partial charge in [-0.15, -0.1) is 5.10 Å². The molecule has 2 heterocycles. The Morgan fingerprint density at radius 2 is 1.92 bits per heavy atom. The molecule has 0 spiro atoms. The number of carbonyl (C=O) groups excluding carboxylic acids is 3. The van der Waals surface area contributed by atoms with E-state index >= 15 is 0 Å². The summed E-state index contributed by atoms with van der Waals surface area (Å²) in [5.74, 6) is -0.218.